The Kier molecular flexibility index (Phi) is 5.06. The van der Waals surface area contributed by atoms with Gasteiger partial charge in [-0.05, 0) is 30.3 Å². The number of aromatic nitrogens is 1. The number of ether oxygens (including phenoxy) is 1. The molecule has 0 unspecified atom stereocenters. The second kappa shape index (κ2) is 7.83. The van der Waals surface area contributed by atoms with Gasteiger partial charge in [0.25, 0.3) is 5.91 Å². The predicted molar refractivity (Wildman–Crippen MR) is 116 cm³/mol. The van der Waals surface area contributed by atoms with E-state index in [2.05, 4.69) is 5.32 Å². The Morgan fingerprint density at radius 1 is 0.967 bits per heavy atom. The summed E-state index contributed by atoms with van der Waals surface area (Å²) in [6, 6.07) is 19.9. The predicted octanol–water partition coefficient (Wildman–Crippen LogP) is 4.61. The number of carbonyl (C=O) groups is 1. The zero-order valence-electron chi connectivity index (χ0n) is 16.5. The second-order valence-corrected chi connectivity index (χ2v) is 6.76. The number of aryl methyl sites for hydroxylation is 1. The maximum Gasteiger partial charge on any atom is 0.259 e. The van der Waals surface area contributed by atoms with Gasteiger partial charge >= 0.3 is 0 Å². The molecule has 0 aliphatic heterocycles. The first-order chi connectivity index (χ1) is 14.5. The Morgan fingerprint density at radius 3 is 2.40 bits per heavy atom. The summed E-state index contributed by atoms with van der Waals surface area (Å²) >= 11 is 0. The molecule has 0 radical (unpaired) electrons. The van der Waals surface area contributed by atoms with Gasteiger partial charge < -0.3 is 14.6 Å². The number of rotatable bonds is 4. The molecule has 6 heteroatoms. The lowest BCUT2D eigenvalue weighted by molar-refractivity contribution is 0.102. The normalized spacial score (nSPS) is 10.8. The SMILES string of the molecule is COc1ccccc1-c1c(NC(=O)c2ccccc2F)n(C)c2ccccc2c1=O. The van der Waals surface area contributed by atoms with Crippen LogP contribution in [0.25, 0.3) is 22.0 Å². The molecule has 0 saturated heterocycles. The van der Waals surface area contributed by atoms with E-state index in [0.717, 1.165) is 0 Å². The largest absolute Gasteiger partial charge is 0.496 e. The van der Waals surface area contributed by atoms with Crippen LogP contribution in [0.2, 0.25) is 0 Å². The van der Waals surface area contributed by atoms with Crippen LogP contribution in [0.3, 0.4) is 0 Å². The highest BCUT2D eigenvalue weighted by atomic mass is 19.1. The molecule has 0 spiro atoms. The number of nitrogens with zero attached hydrogens (tertiary/aromatic N) is 1. The van der Waals surface area contributed by atoms with E-state index in [1.807, 2.05) is 6.07 Å². The molecule has 1 N–H and O–H groups in total. The number of benzene rings is 3. The van der Waals surface area contributed by atoms with Gasteiger partial charge in [0.05, 0.1) is 23.8 Å². The molecule has 150 valence electrons. The van der Waals surface area contributed by atoms with Gasteiger partial charge in [-0.1, -0.05) is 42.5 Å². The fraction of sp³-hybridized carbons (Fsp3) is 0.0833. The summed E-state index contributed by atoms with van der Waals surface area (Å²) in [5, 5.41) is 3.25. The first-order valence-corrected chi connectivity index (χ1v) is 9.34. The van der Waals surface area contributed by atoms with E-state index in [9.17, 15) is 14.0 Å². The molecule has 0 fully saturated rings. The van der Waals surface area contributed by atoms with Crippen molar-refractivity contribution in [2.24, 2.45) is 7.05 Å². The topological polar surface area (TPSA) is 60.3 Å². The fourth-order valence-corrected chi connectivity index (χ4v) is 3.56. The third kappa shape index (κ3) is 3.22. The molecule has 3 aromatic carbocycles. The molecule has 4 aromatic rings. The molecule has 0 saturated carbocycles. The van der Waals surface area contributed by atoms with Gasteiger partial charge in [-0.2, -0.15) is 0 Å². The summed E-state index contributed by atoms with van der Waals surface area (Å²) in [7, 11) is 3.26. The summed E-state index contributed by atoms with van der Waals surface area (Å²) < 4.78 is 21.3. The molecule has 5 nitrogen and oxygen atoms in total. The van der Waals surface area contributed by atoms with Crippen molar-refractivity contribution in [2.45, 2.75) is 0 Å². The highest BCUT2D eigenvalue weighted by Gasteiger charge is 2.22. The van der Waals surface area contributed by atoms with Gasteiger partial charge in [0, 0.05) is 18.0 Å². The van der Waals surface area contributed by atoms with Crippen LogP contribution in [-0.2, 0) is 7.05 Å². The maximum atomic E-state index is 14.2. The number of methoxy groups -OCH3 is 1. The third-order valence-electron chi connectivity index (χ3n) is 5.04. The van der Waals surface area contributed by atoms with Crippen LogP contribution in [0.5, 0.6) is 5.75 Å². The van der Waals surface area contributed by atoms with Crippen molar-refractivity contribution >= 4 is 22.6 Å². The molecule has 0 bridgehead atoms. The molecule has 4 rings (SSSR count). The molecule has 1 heterocycles. The van der Waals surface area contributed by atoms with Crippen molar-refractivity contribution in [2.75, 3.05) is 12.4 Å². The highest BCUT2D eigenvalue weighted by Crippen LogP contribution is 2.34. The van der Waals surface area contributed by atoms with Gasteiger partial charge in [0.15, 0.2) is 5.43 Å². The van der Waals surface area contributed by atoms with Crippen molar-refractivity contribution in [3.63, 3.8) is 0 Å². The molecular weight excluding hydrogens is 383 g/mol. The minimum Gasteiger partial charge on any atom is -0.496 e. The second-order valence-electron chi connectivity index (χ2n) is 6.76. The number of anilines is 1. The van der Waals surface area contributed by atoms with Crippen molar-refractivity contribution in [1.82, 2.24) is 4.57 Å². The Morgan fingerprint density at radius 2 is 1.63 bits per heavy atom. The lowest BCUT2D eigenvalue weighted by atomic mass is 10.0. The first kappa shape index (κ1) is 19.4. The Hall–Kier alpha value is -3.93. The molecule has 1 amide bonds. The number of hydrogen-bond donors (Lipinski definition) is 1. The van der Waals surface area contributed by atoms with Crippen LogP contribution in [0.1, 0.15) is 10.4 Å². The number of hydrogen-bond acceptors (Lipinski definition) is 3. The van der Waals surface area contributed by atoms with E-state index in [0.29, 0.717) is 22.2 Å². The minimum atomic E-state index is -0.644. The number of halogens is 1. The lowest BCUT2D eigenvalue weighted by Gasteiger charge is -2.19. The standard InChI is InChI=1S/C24H19FN2O3/c1-27-19-13-7-4-10-16(19)22(28)21(17-11-5-8-14-20(17)30-2)23(27)26-24(29)15-9-3-6-12-18(15)25/h3-14H,1-2H3,(H,26,29). The van der Waals surface area contributed by atoms with E-state index in [-0.39, 0.29) is 22.4 Å². The van der Waals surface area contributed by atoms with E-state index < -0.39 is 11.7 Å². The molecule has 1 aromatic heterocycles. The summed E-state index contributed by atoms with van der Waals surface area (Å²) in [5.41, 5.74) is 1.10. The zero-order valence-corrected chi connectivity index (χ0v) is 16.5. The maximum absolute atomic E-state index is 14.2. The summed E-state index contributed by atoms with van der Waals surface area (Å²) in [6.07, 6.45) is 0. The van der Waals surface area contributed by atoms with E-state index in [4.69, 9.17) is 4.74 Å². The lowest BCUT2D eigenvalue weighted by Crippen LogP contribution is -2.22. The zero-order chi connectivity index (χ0) is 21.3. The third-order valence-corrected chi connectivity index (χ3v) is 5.04. The van der Waals surface area contributed by atoms with Gasteiger partial charge in [0.1, 0.15) is 17.4 Å². The number of nitrogens with one attached hydrogen (secondary N) is 1. The summed E-state index contributed by atoms with van der Waals surface area (Å²) in [6.45, 7) is 0. The summed E-state index contributed by atoms with van der Waals surface area (Å²) in [5.74, 6) is -0.531. The van der Waals surface area contributed by atoms with Gasteiger partial charge in [-0.15, -0.1) is 0 Å². The average molecular weight is 402 g/mol. The van der Waals surface area contributed by atoms with Crippen molar-refractivity contribution < 1.29 is 13.9 Å². The Balaban J connectivity index is 2.00. The van der Waals surface area contributed by atoms with Crippen LogP contribution in [0, 0.1) is 5.82 Å². The first-order valence-electron chi connectivity index (χ1n) is 9.34. The van der Waals surface area contributed by atoms with Gasteiger partial charge in [0.2, 0.25) is 0 Å². The van der Waals surface area contributed by atoms with E-state index >= 15 is 0 Å². The molecular formula is C24H19FN2O3. The van der Waals surface area contributed by atoms with Crippen LogP contribution in [-0.4, -0.2) is 17.6 Å². The highest BCUT2D eigenvalue weighted by molar-refractivity contribution is 6.07. The number of amides is 1. The fourth-order valence-electron chi connectivity index (χ4n) is 3.56. The van der Waals surface area contributed by atoms with Crippen LogP contribution in [0.4, 0.5) is 10.2 Å². The quantitative estimate of drug-likeness (QED) is 0.543. The van der Waals surface area contributed by atoms with Gasteiger partial charge in [-0.25, -0.2) is 4.39 Å². The van der Waals surface area contributed by atoms with E-state index in [1.165, 1.54) is 25.3 Å². The Labute approximate surface area is 172 Å². The average Bonchev–Trinajstić information content (AvgIpc) is 2.77. The molecule has 0 aliphatic rings. The van der Waals surface area contributed by atoms with Gasteiger partial charge in [-0.3, -0.25) is 9.59 Å². The Bertz CT molecular complexity index is 1330. The van der Waals surface area contributed by atoms with Crippen LogP contribution < -0.4 is 15.5 Å². The summed E-state index contributed by atoms with van der Waals surface area (Å²) in [4.78, 5) is 26.3. The van der Waals surface area contributed by atoms with E-state index in [1.54, 1.807) is 60.1 Å². The number of carbonyl (C=O) groups excluding carboxylic acids is 1. The molecule has 30 heavy (non-hydrogen) atoms. The van der Waals surface area contributed by atoms with Crippen LogP contribution >= 0.6 is 0 Å². The number of para-hydroxylation sites is 2. The monoisotopic (exact) mass is 402 g/mol. The molecule has 0 atom stereocenters. The van der Waals surface area contributed by atoms with Crippen molar-refractivity contribution in [3.05, 3.63) is 94.4 Å². The van der Waals surface area contributed by atoms with Crippen LogP contribution in [0.15, 0.2) is 77.6 Å². The minimum absolute atomic E-state index is 0.107. The van der Waals surface area contributed by atoms with Crippen molar-refractivity contribution in [3.8, 4) is 16.9 Å². The number of fused-ring (bicyclic) bond motifs is 1. The number of pyridine rings is 1. The smallest absolute Gasteiger partial charge is 0.259 e. The molecule has 0 aliphatic carbocycles. The van der Waals surface area contributed by atoms with Crippen molar-refractivity contribution in [1.29, 1.82) is 0 Å².